The Morgan fingerprint density at radius 3 is 2.75 bits per heavy atom. The number of benzene rings is 1. The smallest absolute Gasteiger partial charge is 0.407 e. The average Bonchev–Trinajstić information content (AvgIpc) is 2.98. The summed E-state index contributed by atoms with van der Waals surface area (Å²) in [5, 5.41) is 0.631. The number of hydrogen-bond acceptors (Lipinski definition) is 4. The van der Waals surface area contributed by atoms with Crippen molar-refractivity contribution in [1.29, 1.82) is 0 Å². The van der Waals surface area contributed by atoms with Gasteiger partial charge in [0.15, 0.2) is 12.2 Å². The maximum Gasteiger partial charge on any atom is 0.407 e. The average molecular weight is 347 g/mol. The Morgan fingerprint density at radius 2 is 2.08 bits per heavy atom. The molecule has 0 bridgehead atoms. The van der Waals surface area contributed by atoms with Crippen molar-refractivity contribution in [3.8, 4) is 11.3 Å². The summed E-state index contributed by atoms with van der Waals surface area (Å²) in [6.07, 6.45) is 1.92. The van der Waals surface area contributed by atoms with Gasteiger partial charge >= 0.3 is 11.9 Å². The van der Waals surface area contributed by atoms with Crippen molar-refractivity contribution >= 4 is 35.1 Å². The summed E-state index contributed by atoms with van der Waals surface area (Å²) >= 11 is 5.91. The Morgan fingerprint density at radius 1 is 1.38 bits per heavy atom. The number of nitrogens with zero attached hydrogens (tertiary/aromatic N) is 3. The third kappa shape index (κ3) is 3.10. The highest BCUT2D eigenvalue weighted by atomic mass is 35.5. The minimum atomic E-state index is -0.353. The molecule has 0 saturated carbocycles. The summed E-state index contributed by atoms with van der Waals surface area (Å²) in [6.45, 7) is 3.92. The Bertz CT molecular complexity index is 837. The number of carbonyl (C=O) groups is 2. The van der Waals surface area contributed by atoms with Crippen LogP contribution in [-0.4, -0.2) is 44.9 Å². The zero-order valence-electron chi connectivity index (χ0n) is 13.5. The first kappa shape index (κ1) is 16.4. The summed E-state index contributed by atoms with van der Waals surface area (Å²) < 4.78 is 8.21. The number of hydrogen-bond donors (Lipinski definition) is 0. The molecule has 0 spiro atoms. The number of fused-ring (bicyclic) bond motifs is 1. The van der Waals surface area contributed by atoms with Crippen LogP contribution < -0.4 is 0 Å². The summed E-state index contributed by atoms with van der Waals surface area (Å²) in [6, 6.07) is 7.22. The van der Waals surface area contributed by atoms with Gasteiger partial charge < -0.3 is 4.74 Å². The van der Waals surface area contributed by atoms with Gasteiger partial charge in [0.2, 0.25) is 0 Å². The second kappa shape index (κ2) is 6.57. The summed E-state index contributed by atoms with van der Waals surface area (Å²) in [7, 11) is 0. The molecule has 1 aromatic carbocycles. The molecule has 0 radical (unpaired) electrons. The quantitative estimate of drug-likeness (QED) is 0.630. The molecule has 0 atom stereocenters. The SMILES string of the molecule is CCOC(=O)C[N+]1=C(C)CC(=O)n2cc(-c3ccc(Cl)cc3)nc21. The van der Waals surface area contributed by atoms with Crippen LogP contribution in [0.3, 0.4) is 0 Å². The van der Waals surface area contributed by atoms with Gasteiger partial charge in [0.05, 0.1) is 18.7 Å². The molecule has 1 aliphatic rings. The lowest BCUT2D eigenvalue weighted by atomic mass is 10.2. The zero-order chi connectivity index (χ0) is 17.3. The number of ether oxygens (including phenoxy) is 1. The standard InChI is InChI=1S/C17H17ClN3O3/c1-3-24-16(23)10-20-11(2)8-15(22)21-9-14(19-17(20)21)12-4-6-13(18)7-5-12/h4-7,9H,3,8,10H2,1-2H3/q+1. The predicted octanol–water partition coefficient (Wildman–Crippen LogP) is 2.92. The van der Waals surface area contributed by atoms with Crippen molar-refractivity contribution in [3.05, 3.63) is 35.5 Å². The van der Waals surface area contributed by atoms with Crippen LogP contribution in [0.2, 0.25) is 5.02 Å². The summed E-state index contributed by atoms with van der Waals surface area (Å²) in [4.78, 5) is 28.7. The van der Waals surface area contributed by atoms with Gasteiger partial charge in [0.1, 0.15) is 6.20 Å². The van der Waals surface area contributed by atoms with Crippen LogP contribution in [0, 0.1) is 0 Å². The minimum absolute atomic E-state index is 0.0318. The van der Waals surface area contributed by atoms with Crippen molar-refractivity contribution < 1.29 is 18.9 Å². The van der Waals surface area contributed by atoms with Crippen LogP contribution in [0.5, 0.6) is 0 Å². The number of esters is 1. The van der Waals surface area contributed by atoms with Gasteiger partial charge in [-0.05, 0) is 38.1 Å². The van der Waals surface area contributed by atoms with E-state index in [1.807, 2.05) is 19.1 Å². The highest BCUT2D eigenvalue weighted by molar-refractivity contribution is 6.30. The predicted molar refractivity (Wildman–Crippen MR) is 90.0 cm³/mol. The largest absolute Gasteiger partial charge is 0.464 e. The number of aromatic nitrogens is 2. The fourth-order valence-electron chi connectivity index (χ4n) is 2.62. The Hall–Kier alpha value is -2.47. The first-order valence-electron chi connectivity index (χ1n) is 7.63. The van der Waals surface area contributed by atoms with E-state index < -0.39 is 0 Å². The van der Waals surface area contributed by atoms with E-state index >= 15 is 0 Å². The van der Waals surface area contributed by atoms with Crippen molar-refractivity contribution in [3.63, 3.8) is 0 Å². The molecule has 0 aliphatic carbocycles. The maximum atomic E-state index is 12.3. The van der Waals surface area contributed by atoms with Gasteiger partial charge in [-0.3, -0.25) is 4.79 Å². The fourth-order valence-corrected chi connectivity index (χ4v) is 2.74. The van der Waals surface area contributed by atoms with E-state index in [1.54, 1.807) is 29.8 Å². The van der Waals surface area contributed by atoms with Crippen LogP contribution >= 0.6 is 11.6 Å². The van der Waals surface area contributed by atoms with Crippen molar-refractivity contribution in [2.75, 3.05) is 13.2 Å². The Kier molecular flexibility index (Phi) is 4.49. The van der Waals surface area contributed by atoms with Crippen LogP contribution in [-0.2, 0) is 9.53 Å². The Balaban J connectivity index is 2.01. The first-order valence-corrected chi connectivity index (χ1v) is 8.01. The normalized spacial score (nSPS) is 13.9. The monoisotopic (exact) mass is 346 g/mol. The van der Waals surface area contributed by atoms with E-state index in [1.165, 1.54) is 4.57 Å². The van der Waals surface area contributed by atoms with Crippen molar-refractivity contribution in [2.24, 2.45) is 0 Å². The van der Waals surface area contributed by atoms with E-state index in [4.69, 9.17) is 16.3 Å². The van der Waals surface area contributed by atoms with Crippen LogP contribution in [0.15, 0.2) is 30.5 Å². The molecule has 2 aromatic rings. The molecule has 7 heteroatoms. The van der Waals surface area contributed by atoms with Gasteiger partial charge in [-0.15, -0.1) is 0 Å². The molecule has 124 valence electrons. The lowest BCUT2D eigenvalue weighted by Crippen LogP contribution is -2.33. The van der Waals surface area contributed by atoms with E-state index in [0.29, 0.717) is 23.3 Å². The van der Waals surface area contributed by atoms with Crippen LogP contribution in [0.25, 0.3) is 11.3 Å². The summed E-state index contributed by atoms with van der Waals surface area (Å²) in [5.74, 6) is 0.00543. The van der Waals surface area contributed by atoms with Gasteiger partial charge in [0.25, 0.3) is 5.91 Å². The highest BCUT2D eigenvalue weighted by Crippen LogP contribution is 2.26. The van der Waals surface area contributed by atoms with Crippen molar-refractivity contribution in [2.45, 2.75) is 20.3 Å². The van der Waals surface area contributed by atoms with Gasteiger partial charge in [-0.25, -0.2) is 9.37 Å². The lowest BCUT2D eigenvalue weighted by molar-refractivity contribution is -0.443. The Labute approximate surface area is 144 Å². The summed E-state index contributed by atoms with van der Waals surface area (Å²) in [5.41, 5.74) is 2.27. The number of halogens is 1. The second-order valence-corrected chi connectivity index (χ2v) is 5.94. The molecule has 0 N–H and O–H groups in total. The molecular weight excluding hydrogens is 330 g/mol. The third-order valence-electron chi connectivity index (χ3n) is 3.80. The van der Waals surface area contributed by atoms with E-state index in [2.05, 4.69) is 4.98 Å². The minimum Gasteiger partial charge on any atom is -0.464 e. The van der Waals surface area contributed by atoms with Gasteiger partial charge in [-0.2, -0.15) is 4.57 Å². The second-order valence-electron chi connectivity index (χ2n) is 5.50. The van der Waals surface area contributed by atoms with E-state index in [9.17, 15) is 9.59 Å². The lowest BCUT2D eigenvalue weighted by Gasteiger charge is -2.13. The first-order chi connectivity index (χ1) is 11.5. The van der Waals surface area contributed by atoms with Gasteiger partial charge in [0, 0.05) is 10.6 Å². The molecular formula is C17H17ClN3O3+. The maximum absolute atomic E-state index is 12.3. The fraction of sp³-hybridized carbons (Fsp3) is 0.294. The number of carbonyl (C=O) groups excluding carboxylic acids is 2. The molecule has 0 unspecified atom stereocenters. The van der Waals surface area contributed by atoms with Crippen LogP contribution in [0.4, 0.5) is 5.95 Å². The van der Waals surface area contributed by atoms with Crippen molar-refractivity contribution in [1.82, 2.24) is 9.55 Å². The molecule has 6 nitrogen and oxygen atoms in total. The highest BCUT2D eigenvalue weighted by Gasteiger charge is 2.33. The van der Waals surface area contributed by atoms with Gasteiger partial charge in [-0.1, -0.05) is 16.6 Å². The molecule has 0 saturated heterocycles. The zero-order valence-corrected chi connectivity index (χ0v) is 14.2. The number of rotatable bonds is 4. The molecule has 0 amide bonds. The third-order valence-corrected chi connectivity index (χ3v) is 4.05. The molecule has 2 heterocycles. The van der Waals surface area contributed by atoms with Crippen LogP contribution in [0.1, 0.15) is 25.1 Å². The number of imidazole rings is 1. The molecule has 3 rings (SSSR count). The molecule has 1 aliphatic heterocycles. The molecule has 1 aromatic heterocycles. The van der Waals surface area contributed by atoms with E-state index in [0.717, 1.165) is 11.3 Å². The molecule has 24 heavy (non-hydrogen) atoms. The molecule has 0 fully saturated rings. The van der Waals surface area contributed by atoms with E-state index in [-0.39, 0.29) is 24.8 Å². The topological polar surface area (TPSA) is 64.2 Å².